The number of nitrogens with zero attached hydrogens (tertiary/aromatic N) is 2. The summed E-state index contributed by atoms with van der Waals surface area (Å²) in [6, 6.07) is 7.08. The summed E-state index contributed by atoms with van der Waals surface area (Å²) in [6.07, 6.45) is 2.82. The Morgan fingerprint density at radius 3 is 2.55 bits per heavy atom. The Bertz CT molecular complexity index is 425. The van der Waals surface area contributed by atoms with Gasteiger partial charge in [0.2, 0.25) is 0 Å². The standard InChI is InChI=1S/C16H24FN3/c17-15-3-1-2-4-16(15)20-11-9-19(10-12-20)8-7-18-13-14-5-6-14/h1-4,14,18H,5-13H2. The third-order valence-electron chi connectivity index (χ3n) is 4.30. The lowest BCUT2D eigenvalue weighted by Crippen LogP contribution is -2.48. The van der Waals surface area contributed by atoms with Crippen LogP contribution in [0.25, 0.3) is 0 Å². The Labute approximate surface area is 120 Å². The Kier molecular flexibility index (Phi) is 4.53. The second-order valence-electron chi connectivity index (χ2n) is 5.93. The lowest BCUT2D eigenvalue weighted by Gasteiger charge is -2.36. The summed E-state index contributed by atoms with van der Waals surface area (Å²) in [6.45, 7) is 7.27. The van der Waals surface area contributed by atoms with Gasteiger partial charge in [-0.2, -0.15) is 0 Å². The molecule has 4 heteroatoms. The molecule has 0 spiro atoms. The molecule has 1 aliphatic carbocycles. The van der Waals surface area contributed by atoms with Crippen LogP contribution in [0.15, 0.2) is 24.3 Å². The molecule has 3 nitrogen and oxygen atoms in total. The van der Waals surface area contributed by atoms with E-state index in [0.29, 0.717) is 0 Å². The molecule has 1 saturated heterocycles. The van der Waals surface area contributed by atoms with Crippen molar-refractivity contribution in [1.82, 2.24) is 10.2 Å². The summed E-state index contributed by atoms with van der Waals surface area (Å²) in [5.74, 6) is 0.847. The fourth-order valence-corrected chi connectivity index (χ4v) is 2.79. The van der Waals surface area contributed by atoms with E-state index >= 15 is 0 Å². The molecule has 2 fully saturated rings. The molecule has 1 N–H and O–H groups in total. The maximum absolute atomic E-state index is 13.7. The van der Waals surface area contributed by atoms with Gasteiger partial charge in [0.05, 0.1) is 5.69 Å². The van der Waals surface area contributed by atoms with E-state index in [9.17, 15) is 4.39 Å². The van der Waals surface area contributed by atoms with Gasteiger partial charge in [0.1, 0.15) is 5.82 Å². The van der Waals surface area contributed by atoms with Gasteiger partial charge < -0.3 is 10.2 Å². The van der Waals surface area contributed by atoms with Crippen molar-refractivity contribution in [3.8, 4) is 0 Å². The second kappa shape index (κ2) is 6.55. The third-order valence-corrected chi connectivity index (χ3v) is 4.30. The van der Waals surface area contributed by atoms with E-state index in [1.54, 1.807) is 12.1 Å². The monoisotopic (exact) mass is 277 g/mol. The van der Waals surface area contributed by atoms with Crippen molar-refractivity contribution in [2.45, 2.75) is 12.8 Å². The summed E-state index contributed by atoms with van der Waals surface area (Å²) < 4.78 is 13.7. The molecule has 0 aromatic heterocycles. The second-order valence-corrected chi connectivity index (χ2v) is 5.93. The van der Waals surface area contributed by atoms with Crippen molar-refractivity contribution >= 4 is 5.69 Å². The smallest absolute Gasteiger partial charge is 0.146 e. The Hall–Kier alpha value is -1.13. The maximum Gasteiger partial charge on any atom is 0.146 e. The highest BCUT2D eigenvalue weighted by Crippen LogP contribution is 2.27. The predicted octanol–water partition coefficient (Wildman–Crippen LogP) is 1.95. The third kappa shape index (κ3) is 3.70. The van der Waals surface area contributed by atoms with Crippen LogP contribution in [0.1, 0.15) is 12.8 Å². The molecular formula is C16H24FN3. The zero-order valence-corrected chi connectivity index (χ0v) is 12.0. The van der Waals surface area contributed by atoms with Crippen LogP contribution >= 0.6 is 0 Å². The minimum atomic E-state index is -0.105. The molecule has 0 unspecified atom stereocenters. The van der Waals surface area contributed by atoms with E-state index in [-0.39, 0.29) is 5.82 Å². The summed E-state index contributed by atoms with van der Waals surface area (Å²) >= 11 is 0. The topological polar surface area (TPSA) is 18.5 Å². The number of nitrogens with one attached hydrogen (secondary N) is 1. The molecule has 1 heterocycles. The van der Waals surface area contributed by atoms with Crippen LogP contribution in [0.4, 0.5) is 10.1 Å². The van der Waals surface area contributed by atoms with Gasteiger partial charge in [-0.25, -0.2) is 4.39 Å². The number of rotatable bonds is 6. The first-order valence-electron chi connectivity index (χ1n) is 7.75. The molecule has 0 radical (unpaired) electrons. The molecule has 0 amide bonds. The first kappa shape index (κ1) is 13.8. The van der Waals surface area contributed by atoms with Gasteiger partial charge >= 0.3 is 0 Å². The molecule has 20 heavy (non-hydrogen) atoms. The Balaban J connectivity index is 1.39. The van der Waals surface area contributed by atoms with E-state index < -0.39 is 0 Å². The zero-order valence-electron chi connectivity index (χ0n) is 12.0. The number of para-hydroxylation sites is 1. The van der Waals surface area contributed by atoms with Gasteiger partial charge in [-0.15, -0.1) is 0 Å². The number of hydrogen-bond acceptors (Lipinski definition) is 3. The van der Waals surface area contributed by atoms with E-state index in [2.05, 4.69) is 15.1 Å². The molecule has 0 atom stereocenters. The van der Waals surface area contributed by atoms with E-state index in [1.807, 2.05) is 12.1 Å². The average molecular weight is 277 g/mol. The van der Waals surface area contributed by atoms with Gasteiger partial charge in [-0.1, -0.05) is 12.1 Å². The van der Waals surface area contributed by atoms with Crippen molar-refractivity contribution in [3.05, 3.63) is 30.1 Å². The molecule has 1 aromatic rings. The highest BCUT2D eigenvalue weighted by Gasteiger charge is 2.21. The van der Waals surface area contributed by atoms with Crippen molar-refractivity contribution in [1.29, 1.82) is 0 Å². The molecule has 110 valence electrons. The summed E-state index contributed by atoms with van der Waals surface area (Å²) in [4.78, 5) is 4.63. The summed E-state index contributed by atoms with van der Waals surface area (Å²) in [5, 5.41) is 3.53. The molecule has 2 aliphatic rings. The first-order valence-corrected chi connectivity index (χ1v) is 7.75. The molecular weight excluding hydrogens is 253 g/mol. The van der Waals surface area contributed by atoms with Gasteiger partial charge in [-0.3, -0.25) is 4.90 Å². The minimum Gasteiger partial charge on any atom is -0.367 e. The van der Waals surface area contributed by atoms with Crippen LogP contribution in [0.3, 0.4) is 0 Å². The molecule has 3 rings (SSSR count). The van der Waals surface area contributed by atoms with Crippen LogP contribution in [-0.2, 0) is 0 Å². The molecule has 1 aliphatic heterocycles. The lowest BCUT2D eigenvalue weighted by atomic mass is 10.2. The normalized spacial score (nSPS) is 20.4. The van der Waals surface area contributed by atoms with Crippen LogP contribution < -0.4 is 10.2 Å². The van der Waals surface area contributed by atoms with Crippen molar-refractivity contribution in [2.75, 3.05) is 50.7 Å². The average Bonchev–Trinajstić information content (AvgIpc) is 3.29. The number of hydrogen-bond donors (Lipinski definition) is 1. The van der Waals surface area contributed by atoms with E-state index in [0.717, 1.165) is 50.9 Å². The fourth-order valence-electron chi connectivity index (χ4n) is 2.79. The first-order chi connectivity index (χ1) is 9.83. The number of anilines is 1. The SMILES string of the molecule is Fc1ccccc1N1CCN(CCNCC2CC2)CC1. The van der Waals surface area contributed by atoms with Crippen LogP contribution in [0.2, 0.25) is 0 Å². The highest BCUT2D eigenvalue weighted by molar-refractivity contribution is 5.47. The molecule has 1 aromatic carbocycles. The van der Waals surface area contributed by atoms with E-state index in [1.165, 1.54) is 19.4 Å². The van der Waals surface area contributed by atoms with Crippen molar-refractivity contribution < 1.29 is 4.39 Å². The van der Waals surface area contributed by atoms with Crippen LogP contribution in [0.5, 0.6) is 0 Å². The van der Waals surface area contributed by atoms with Crippen molar-refractivity contribution in [2.24, 2.45) is 5.92 Å². The maximum atomic E-state index is 13.7. The fraction of sp³-hybridized carbons (Fsp3) is 0.625. The Morgan fingerprint density at radius 1 is 1.10 bits per heavy atom. The zero-order chi connectivity index (χ0) is 13.8. The highest BCUT2D eigenvalue weighted by atomic mass is 19.1. The number of halogens is 1. The van der Waals surface area contributed by atoms with Gasteiger partial charge in [-0.05, 0) is 37.4 Å². The summed E-state index contributed by atoms with van der Waals surface area (Å²) in [7, 11) is 0. The minimum absolute atomic E-state index is 0.105. The van der Waals surface area contributed by atoms with E-state index in [4.69, 9.17) is 0 Å². The predicted molar refractivity (Wildman–Crippen MR) is 80.6 cm³/mol. The molecule has 0 bridgehead atoms. The van der Waals surface area contributed by atoms with Gasteiger partial charge in [0, 0.05) is 39.3 Å². The largest absolute Gasteiger partial charge is 0.367 e. The van der Waals surface area contributed by atoms with Crippen LogP contribution in [-0.4, -0.2) is 50.7 Å². The lowest BCUT2D eigenvalue weighted by molar-refractivity contribution is 0.256. The van der Waals surface area contributed by atoms with Crippen molar-refractivity contribution in [3.63, 3.8) is 0 Å². The van der Waals surface area contributed by atoms with Gasteiger partial charge in [0.15, 0.2) is 0 Å². The number of benzene rings is 1. The van der Waals surface area contributed by atoms with Gasteiger partial charge in [0.25, 0.3) is 0 Å². The summed E-state index contributed by atoms with van der Waals surface area (Å²) in [5.41, 5.74) is 0.749. The molecule has 1 saturated carbocycles. The Morgan fingerprint density at radius 2 is 1.85 bits per heavy atom. The number of piperazine rings is 1. The quantitative estimate of drug-likeness (QED) is 0.802. The van der Waals surface area contributed by atoms with Crippen LogP contribution in [0, 0.1) is 11.7 Å².